The van der Waals surface area contributed by atoms with Gasteiger partial charge >= 0.3 is 0 Å². The summed E-state index contributed by atoms with van der Waals surface area (Å²) in [6, 6.07) is 2.07. The van der Waals surface area contributed by atoms with Gasteiger partial charge < -0.3 is 9.84 Å². The predicted octanol–water partition coefficient (Wildman–Crippen LogP) is 2.80. The fourth-order valence-corrected chi connectivity index (χ4v) is 2.91. The van der Waals surface area contributed by atoms with E-state index in [9.17, 15) is 0 Å². The van der Waals surface area contributed by atoms with Crippen molar-refractivity contribution >= 4 is 0 Å². The van der Waals surface area contributed by atoms with Gasteiger partial charge in [0.25, 0.3) is 0 Å². The smallest absolute Gasteiger partial charge is 0.151 e. The van der Waals surface area contributed by atoms with Crippen LogP contribution in [0.1, 0.15) is 50.5 Å². The molecule has 108 valence electrons. The van der Waals surface area contributed by atoms with Gasteiger partial charge in [0.1, 0.15) is 0 Å². The summed E-state index contributed by atoms with van der Waals surface area (Å²) in [5, 5.41) is 7.35. The molecule has 0 atom stereocenters. The Kier molecular flexibility index (Phi) is 5.86. The van der Waals surface area contributed by atoms with Crippen LogP contribution in [-0.2, 0) is 13.1 Å². The molecule has 4 heteroatoms. The van der Waals surface area contributed by atoms with E-state index < -0.39 is 0 Å². The first-order chi connectivity index (χ1) is 9.28. The number of hydrogen-bond donors (Lipinski definition) is 1. The number of rotatable bonds is 7. The highest BCUT2D eigenvalue weighted by Gasteiger charge is 2.16. The molecule has 2 rings (SSSR count). The fourth-order valence-electron chi connectivity index (χ4n) is 2.91. The molecule has 1 aromatic heterocycles. The van der Waals surface area contributed by atoms with Gasteiger partial charge in [-0.15, -0.1) is 0 Å². The molecule has 1 fully saturated rings. The molecule has 0 unspecified atom stereocenters. The van der Waals surface area contributed by atoms with E-state index in [0.717, 1.165) is 37.0 Å². The van der Waals surface area contributed by atoms with Gasteiger partial charge in [-0.05, 0) is 32.4 Å². The average Bonchev–Trinajstić information content (AvgIpc) is 2.85. The number of nitrogens with one attached hydrogen (secondary N) is 1. The molecule has 19 heavy (non-hydrogen) atoms. The summed E-state index contributed by atoms with van der Waals surface area (Å²) in [6.45, 7) is 5.91. The van der Waals surface area contributed by atoms with Gasteiger partial charge in [-0.1, -0.05) is 31.3 Å². The van der Waals surface area contributed by atoms with E-state index in [-0.39, 0.29) is 0 Å². The number of hydrogen-bond acceptors (Lipinski definition) is 4. The van der Waals surface area contributed by atoms with Crippen LogP contribution in [0.3, 0.4) is 0 Å². The largest absolute Gasteiger partial charge is 0.360 e. The summed E-state index contributed by atoms with van der Waals surface area (Å²) in [7, 11) is 2.18. The van der Waals surface area contributed by atoms with Gasteiger partial charge in [0, 0.05) is 19.2 Å². The highest BCUT2D eigenvalue weighted by atomic mass is 16.5. The van der Waals surface area contributed by atoms with E-state index in [4.69, 9.17) is 4.52 Å². The van der Waals surface area contributed by atoms with Crippen molar-refractivity contribution in [2.75, 3.05) is 20.1 Å². The topological polar surface area (TPSA) is 41.3 Å². The Morgan fingerprint density at radius 3 is 2.89 bits per heavy atom. The molecule has 0 bridgehead atoms. The maximum atomic E-state index is 5.39. The third-order valence-corrected chi connectivity index (χ3v) is 3.88. The second kappa shape index (κ2) is 7.65. The van der Waals surface area contributed by atoms with Crippen LogP contribution in [0.4, 0.5) is 0 Å². The molecular weight excluding hydrogens is 238 g/mol. The zero-order valence-corrected chi connectivity index (χ0v) is 12.3. The van der Waals surface area contributed by atoms with Crippen molar-refractivity contribution in [3.05, 3.63) is 17.5 Å². The van der Waals surface area contributed by atoms with Crippen LogP contribution < -0.4 is 5.32 Å². The van der Waals surface area contributed by atoms with E-state index in [2.05, 4.69) is 35.4 Å². The van der Waals surface area contributed by atoms with Crippen molar-refractivity contribution < 1.29 is 4.52 Å². The van der Waals surface area contributed by atoms with Crippen molar-refractivity contribution in [3.8, 4) is 0 Å². The average molecular weight is 265 g/mol. The second-order valence-corrected chi connectivity index (χ2v) is 5.77. The molecule has 0 aromatic carbocycles. The Labute approximate surface area is 116 Å². The molecule has 4 nitrogen and oxygen atoms in total. The molecular formula is C15H27N3O. The van der Waals surface area contributed by atoms with Crippen LogP contribution >= 0.6 is 0 Å². The Hall–Kier alpha value is -0.870. The lowest BCUT2D eigenvalue weighted by atomic mass is 9.89. The van der Waals surface area contributed by atoms with Crippen LogP contribution in [0.5, 0.6) is 0 Å². The van der Waals surface area contributed by atoms with E-state index in [1.165, 1.54) is 38.6 Å². The third-order valence-electron chi connectivity index (χ3n) is 3.88. The van der Waals surface area contributed by atoms with Gasteiger partial charge in [-0.25, -0.2) is 0 Å². The summed E-state index contributed by atoms with van der Waals surface area (Å²) in [4.78, 5) is 2.37. The van der Waals surface area contributed by atoms with Gasteiger partial charge in [-0.3, -0.25) is 4.90 Å². The molecule has 1 N–H and O–H groups in total. The summed E-state index contributed by atoms with van der Waals surface area (Å²) < 4.78 is 5.39. The minimum Gasteiger partial charge on any atom is -0.360 e. The number of nitrogens with zero attached hydrogens (tertiary/aromatic N) is 2. The fraction of sp³-hybridized carbons (Fsp3) is 0.800. The van der Waals surface area contributed by atoms with Crippen LogP contribution in [0, 0.1) is 5.92 Å². The first kappa shape index (κ1) is 14.5. The molecule has 1 aliphatic rings. The standard InChI is InChI=1S/C15H27N3O/c1-3-16-10-14-9-15(19-17-14)12-18(2)11-13-7-5-4-6-8-13/h9,13,16H,3-8,10-12H2,1-2H3. The highest BCUT2D eigenvalue weighted by Crippen LogP contribution is 2.24. The quantitative estimate of drug-likeness (QED) is 0.823. The van der Waals surface area contributed by atoms with Crippen LogP contribution in [0.2, 0.25) is 0 Å². The summed E-state index contributed by atoms with van der Waals surface area (Å²) in [5.74, 6) is 1.86. The predicted molar refractivity (Wildman–Crippen MR) is 76.8 cm³/mol. The molecule has 0 saturated heterocycles. The molecule has 0 radical (unpaired) electrons. The summed E-state index contributed by atoms with van der Waals surface area (Å²) in [5.41, 5.74) is 1.00. The Morgan fingerprint density at radius 2 is 2.16 bits per heavy atom. The van der Waals surface area contributed by atoms with Gasteiger partial charge in [-0.2, -0.15) is 0 Å². The minimum absolute atomic E-state index is 0.798. The minimum atomic E-state index is 0.798. The van der Waals surface area contributed by atoms with Crippen LogP contribution in [0.25, 0.3) is 0 Å². The van der Waals surface area contributed by atoms with Crippen molar-refractivity contribution in [3.63, 3.8) is 0 Å². The SMILES string of the molecule is CCNCc1cc(CN(C)CC2CCCCC2)on1. The molecule has 0 amide bonds. The third kappa shape index (κ3) is 4.96. The molecule has 1 saturated carbocycles. The van der Waals surface area contributed by atoms with Crippen molar-refractivity contribution in [1.82, 2.24) is 15.4 Å². The van der Waals surface area contributed by atoms with Crippen molar-refractivity contribution in [2.24, 2.45) is 5.92 Å². The maximum Gasteiger partial charge on any atom is 0.151 e. The first-order valence-corrected chi connectivity index (χ1v) is 7.61. The Morgan fingerprint density at radius 1 is 1.37 bits per heavy atom. The Balaban J connectivity index is 1.74. The Bertz CT molecular complexity index is 358. The van der Waals surface area contributed by atoms with Gasteiger partial charge in [0.05, 0.1) is 12.2 Å². The monoisotopic (exact) mass is 265 g/mol. The summed E-state index contributed by atoms with van der Waals surface area (Å²) >= 11 is 0. The molecule has 0 aliphatic heterocycles. The van der Waals surface area contributed by atoms with Gasteiger partial charge in [0.15, 0.2) is 5.76 Å². The lowest BCUT2D eigenvalue weighted by Gasteiger charge is -2.26. The van der Waals surface area contributed by atoms with E-state index in [1.54, 1.807) is 0 Å². The van der Waals surface area contributed by atoms with E-state index >= 15 is 0 Å². The lowest BCUT2D eigenvalue weighted by molar-refractivity contribution is 0.208. The van der Waals surface area contributed by atoms with Crippen molar-refractivity contribution in [1.29, 1.82) is 0 Å². The maximum absolute atomic E-state index is 5.39. The van der Waals surface area contributed by atoms with Crippen LogP contribution in [0.15, 0.2) is 10.6 Å². The first-order valence-electron chi connectivity index (χ1n) is 7.61. The molecule has 1 aliphatic carbocycles. The normalized spacial score (nSPS) is 17.2. The lowest BCUT2D eigenvalue weighted by Crippen LogP contribution is -2.26. The molecule has 1 aromatic rings. The summed E-state index contributed by atoms with van der Waals surface area (Å²) in [6.07, 6.45) is 7.04. The highest BCUT2D eigenvalue weighted by molar-refractivity contribution is 5.05. The van der Waals surface area contributed by atoms with Crippen molar-refractivity contribution in [2.45, 2.75) is 52.1 Å². The zero-order valence-electron chi connectivity index (χ0n) is 12.3. The van der Waals surface area contributed by atoms with E-state index in [1.807, 2.05) is 0 Å². The molecule has 1 heterocycles. The van der Waals surface area contributed by atoms with E-state index in [0.29, 0.717) is 0 Å². The van der Waals surface area contributed by atoms with Gasteiger partial charge in [0.2, 0.25) is 0 Å². The second-order valence-electron chi connectivity index (χ2n) is 5.77. The molecule has 0 spiro atoms. The zero-order chi connectivity index (χ0) is 13.5. The van der Waals surface area contributed by atoms with Crippen LogP contribution in [-0.4, -0.2) is 30.2 Å². The number of aromatic nitrogens is 1.